The molecule has 0 aliphatic heterocycles. The van der Waals surface area contributed by atoms with Gasteiger partial charge in [0.15, 0.2) is 29.1 Å². The van der Waals surface area contributed by atoms with Gasteiger partial charge in [-0.2, -0.15) is 0 Å². The Balaban J connectivity index is 3.50. The maximum Gasteiger partial charge on any atom is 0.200 e. The second-order valence-corrected chi connectivity index (χ2v) is 3.62. The van der Waals surface area contributed by atoms with E-state index >= 15 is 0 Å². The Morgan fingerprint density at radius 2 is 1.29 bits per heavy atom. The lowest BCUT2D eigenvalue weighted by Crippen LogP contribution is -2.18. The van der Waals surface area contributed by atoms with Gasteiger partial charge in [0.25, 0.3) is 0 Å². The maximum absolute atomic E-state index is 13.2. The summed E-state index contributed by atoms with van der Waals surface area (Å²) < 4.78 is 64.8. The van der Waals surface area contributed by atoms with Crippen molar-refractivity contribution in [1.82, 2.24) is 0 Å². The molecule has 0 bridgehead atoms. The molecule has 6 heteroatoms. The van der Waals surface area contributed by atoms with E-state index in [4.69, 9.17) is 0 Å². The number of halogens is 5. The highest BCUT2D eigenvalue weighted by molar-refractivity contribution is 5.98. The quantitative estimate of drug-likeness (QED) is 0.347. The van der Waals surface area contributed by atoms with Crippen LogP contribution in [-0.4, -0.2) is 5.78 Å². The molecule has 0 aliphatic rings. The van der Waals surface area contributed by atoms with E-state index in [1.54, 1.807) is 6.92 Å². The fraction of sp³-hybridized carbons (Fsp3) is 0.364. The number of ketones is 1. The zero-order chi connectivity index (χ0) is 13.3. The summed E-state index contributed by atoms with van der Waals surface area (Å²) in [5.74, 6) is -12.5. The molecule has 0 radical (unpaired) electrons. The number of carbonyl (C=O) groups excluding carboxylic acids is 1. The minimum absolute atomic E-state index is 0.234. The summed E-state index contributed by atoms with van der Waals surface area (Å²) in [6.07, 6.45) is 0.234. The smallest absolute Gasteiger partial charge is 0.200 e. The summed E-state index contributed by atoms with van der Waals surface area (Å²) in [7, 11) is 0. The number of hydrogen-bond donors (Lipinski definition) is 0. The molecule has 0 saturated carbocycles. The van der Waals surface area contributed by atoms with E-state index in [1.807, 2.05) is 0 Å². The van der Waals surface area contributed by atoms with Crippen LogP contribution in [0.5, 0.6) is 0 Å². The van der Waals surface area contributed by atoms with Gasteiger partial charge in [0.1, 0.15) is 0 Å². The minimum atomic E-state index is -2.26. The molecule has 1 aromatic rings. The van der Waals surface area contributed by atoms with Gasteiger partial charge in [0, 0.05) is 5.92 Å². The van der Waals surface area contributed by atoms with Crippen LogP contribution in [0.3, 0.4) is 0 Å². The van der Waals surface area contributed by atoms with Crippen LogP contribution in [0.1, 0.15) is 30.6 Å². The Morgan fingerprint density at radius 3 is 1.65 bits per heavy atom. The molecule has 1 unspecified atom stereocenters. The van der Waals surface area contributed by atoms with Gasteiger partial charge in [0.2, 0.25) is 5.82 Å². The molecule has 0 fully saturated rings. The molecule has 1 rings (SSSR count). The minimum Gasteiger partial charge on any atom is -0.294 e. The van der Waals surface area contributed by atoms with Crippen molar-refractivity contribution in [3.63, 3.8) is 0 Å². The zero-order valence-corrected chi connectivity index (χ0v) is 9.08. The highest BCUT2D eigenvalue weighted by atomic mass is 19.2. The van der Waals surface area contributed by atoms with Crippen LogP contribution in [0.4, 0.5) is 22.0 Å². The predicted octanol–water partition coefficient (Wildman–Crippen LogP) is 3.61. The molecule has 0 amide bonds. The number of carbonyl (C=O) groups is 1. The molecule has 0 aromatic heterocycles. The molecule has 0 aliphatic carbocycles. The average molecular weight is 252 g/mol. The molecule has 1 aromatic carbocycles. The van der Waals surface area contributed by atoms with Crippen molar-refractivity contribution in [2.24, 2.45) is 5.92 Å². The Bertz CT molecular complexity index is 440. The maximum atomic E-state index is 13.2. The summed E-state index contributed by atoms with van der Waals surface area (Å²) in [6, 6.07) is 0. The van der Waals surface area contributed by atoms with Gasteiger partial charge >= 0.3 is 0 Å². The van der Waals surface area contributed by atoms with Crippen molar-refractivity contribution >= 4 is 5.78 Å². The fourth-order valence-corrected chi connectivity index (χ4v) is 1.25. The average Bonchev–Trinajstić information content (AvgIpc) is 2.32. The lowest BCUT2D eigenvalue weighted by atomic mass is 9.96. The lowest BCUT2D eigenvalue weighted by molar-refractivity contribution is 0.0915. The van der Waals surface area contributed by atoms with Crippen LogP contribution >= 0.6 is 0 Å². The van der Waals surface area contributed by atoms with Gasteiger partial charge in [-0.05, 0) is 6.42 Å². The molecule has 17 heavy (non-hydrogen) atoms. The van der Waals surface area contributed by atoms with Gasteiger partial charge in [-0.25, -0.2) is 22.0 Å². The van der Waals surface area contributed by atoms with Crippen molar-refractivity contribution in [3.8, 4) is 0 Å². The topological polar surface area (TPSA) is 17.1 Å². The summed E-state index contributed by atoms with van der Waals surface area (Å²) in [4.78, 5) is 11.5. The Kier molecular flexibility index (Phi) is 3.85. The molecule has 0 heterocycles. The van der Waals surface area contributed by atoms with Gasteiger partial charge in [-0.1, -0.05) is 13.8 Å². The normalized spacial score (nSPS) is 12.6. The van der Waals surface area contributed by atoms with Crippen molar-refractivity contribution in [1.29, 1.82) is 0 Å². The molecule has 1 atom stereocenters. The molecule has 1 nitrogen and oxygen atoms in total. The van der Waals surface area contributed by atoms with Crippen molar-refractivity contribution in [2.45, 2.75) is 20.3 Å². The first-order valence-corrected chi connectivity index (χ1v) is 4.88. The fourth-order valence-electron chi connectivity index (χ4n) is 1.25. The van der Waals surface area contributed by atoms with Gasteiger partial charge < -0.3 is 0 Å². The third-order valence-corrected chi connectivity index (χ3v) is 2.52. The van der Waals surface area contributed by atoms with E-state index in [0.717, 1.165) is 0 Å². The Morgan fingerprint density at radius 1 is 0.941 bits per heavy atom. The van der Waals surface area contributed by atoms with Crippen LogP contribution in [0.2, 0.25) is 0 Å². The first-order valence-electron chi connectivity index (χ1n) is 4.88. The first-order chi connectivity index (χ1) is 7.82. The zero-order valence-electron chi connectivity index (χ0n) is 9.08. The van der Waals surface area contributed by atoms with Gasteiger partial charge in [0.05, 0.1) is 5.56 Å². The van der Waals surface area contributed by atoms with Crippen LogP contribution in [-0.2, 0) is 0 Å². The highest BCUT2D eigenvalue weighted by Crippen LogP contribution is 2.25. The molecule has 0 N–H and O–H groups in total. The van der Waals surface area contributed by atoms with Gasteiger partial charge in [-0.3, -0.25) is 4.79 Å². The van der Waals surface area contributed by atoms with E-state index in [2.05, 4.69) is 0 Å². The largest absolute Gasteiger partial charge is 0.294 e. The summed E-state index contributed by atoms with van der Waals surface area (Å²) in [6.45, 7) is 2.91. The number of hydrogen-bond acceptors (Lipinski definition) is 1. The van der Waals surface area contributed by atoms with Crippen LogP contribution in [0.25, 0.3) is 0 Å². The molecular weight excluding hydrogens is 243 g/mol. The lowest BCUT2D eigenvalue weighted by Gasteiger charge is -2.10. The SMILES string of the molecule is CCC(C)C(=O)c1c(F)c(F)c(F)c(F)c1F. The Labute approximate surface area is 94.2 Å². The van der Waals surface area contributed by atoms with E-state index in [-0.39, 0.29) is 6.42 Å². The van der Waals surface area contributed by atoms with Crippen LogP contribution in [0.15, 0.2) is 0 Å². The monoisotopic (exact) mass is 252 g/mol. The second-order valence-electron chi connectivity index (χ2n) is 3.62. The summed E-state index contributed by atoms with van der Waals surface area (Å²) >= 11 is 0. The predicted molar refractivity (Wildman–Crippen MR) is 50.0 cm³/mol. The summed E-state index contributed by atoms with van der Waals surface area (Å²) in [5, 5.41) is 0. The number of Topliss-reactive ketones (excluding diaryl/α,β-unsaturated/α-hetero) is 1. The van der Waals surface area contributed by atoms with Crippen LogP contribution in [0, 0.1) is 35.0 Å². The Hall–Kier alpha value is -1.46. The third-order valence-electron chi connectivity index (χ3n) is 2.52. The summed E-state index contributed by atoms with van der Waals surface area (Å²) in [5.41, 5.74) is -1.37. The first kappa shape index (κ1) is 13.6. The molecular formula is C11H9F5O. The van der Waals surface area contributed by atoms with Crippen molar-refractivity contribution in [2.75, 3.05) is 0 Å². The third kappa shape index (κ3) is 2.16. The van der Waals surface area contributed by atoms with E-state index < -0.39 is 46.4 Å². The molecule has 94 valence electrons. The number of benzene rings is 1. The van der Waals surface area contributed by atoms with E-state index in [0.29, 0.717) is 0 Å². The van der Waals surface area contributed by atoms with Gasteiger partial charge in [-0.15, -0.1) is 0 Å². The highest BCUT2D eigenvalue weighted by Gasteiger charge is 2.31. The molecule has 0 saturated heterocycles. The van der Waals surface area contributed by atoms with Crippen molar-refractivity contribution < 1.29 is 26.7 Å². The van der Waals surface area contributed by atoms with E-state index in [1.165, 1.54) is 6.92 Å². The standard InChI is InChI=1S/C11H9F5O/c1-3-4(2)11(17)5-6(12)8(14)10(16)9(15)7(5)13/h4H,3H2,1-2H3. The number of rotatable bonds is 3. The van der Waals surface area contributed by atoms with E-state index in [9.17, 15) is 26.7 Å². The second kappa shape index (κ2) is 4.81. The van der Waals surface area contributed by atoms with Crippen molar-refractivity contribution in [3.05, 3.63) is 34.6 Å². The molecule has 0 spiro atoms. The van der Waals surface area contributed by atoms with Crippen LogP contribution < -0.4 is 0 Å².